The number of halogens is 1. The maximum absolute atomic E-state index is 12.5. The van der Waals surface area contributed by atoms with Crippen LogP contribution in [-0.2, 0) is 0 Å². The molecule has 0 bridgehead atoms. The largest absolute Gasteiger partial charge is 0.392 e. The first-order chi connectivity index (χ1) is 6.27. The van der Waals surface area contributed by atoms with Gasteiger partial charge in [-0.2, -0.15) is 0 Å². The first-order valence-corrected chi connectivity index (χ1v) is 3.94. The Morgan fingerprint density at radius 2 is 1.85 bits per heavy atom. The molecule has 70 valence electrons. The second-order valence-corrected chi connectivity index (χ2v) is 2.58. The fraction of sp³-hybridized carbons (Fsp3) is 0.200. The summed E-state index contributed by atoms with van der Waals surface area (Å²) in [6.07, 6.45) is 1.49. The first kappa shape index (κ1) is 9.89. The predicted octanol–water partition coefficient (Wildman–Crippen LogP) is 1.19. The highest BCUT2D eigenvalue weighted by molar-refractivity contribution is 5.66. The monoisotopic (exact) mass is 182 g/mol. The van der Waals surface area contributed by atoms with Crippen LogP contribution >= 0.6 is 0 Å². The van der Waals surface area contributed by atoms with E-state index in [1.807, 2.05) is 0 Å². The Kier molecular flexibility index (Phi) is 3.61. The van der Waals surface area contributed by atoms with E-state index in [0.717, 1.165) is 5.56 Å². The SMILES string of the molecule is OC/C=C(/CO)c1ccc(F)cc1. The molecule has 0 saturated carbocycles. The Hall–Kier alpha value is -1.19. The van der Waals surface area contributed by atoms with E-state index >= 15 is 0 Å². The second kappa shape index (κ2) is 4.74. The van der Waals surface area contributed by atoms with Gasteiger partial charge in [0.25, 0.3) is 0 Å². The summed E-state index contributed by atoms with van der Waals surface area (Å²) in [6.45, 7) is -0.292. The minimum absolute atomic E-state index is 0.132. The minimum Gasteiger partial charge on any atom is -0.392 e. The van der Waals surface area contributed by atoms with Crippen molar-refractivity contribution in [1.29, 1.82) is 0 Å². The van der Waals surface area contributed by atoms with Gasteiger partial charge in [-0.05, 0) is 23.3 Å². The van der Waals surface area contributed by atoms with Gasteiger partial charge in [0, 0.05) is 0 Å². The third kappa shape index (κ3) is 2.65. The number of benzene rings is 1. The smallest absolute Gasteiger partial charge is 0.123 e. The lowest BCUT2D eigenvalue weighted by molar-refractivity contribution is 0.334. The van der Waals surface area contributed by atoms with Crippen LogP contribution in [0.1, 0.15) is 5.56 Å². The lowest BCUT2D eigenvalue weighted by atomic mass is 10.1. The Labute approximate surface area is 76.0 Å². The zero-order valence-corrected chi connectivity index (χ0v) is 7.07. The van der Waals surface area contributed by atoms with E-state index in [2.05, 4.69) is 0 Å². The Bertz CT molecular complexity index is 290. The second-order valence-electron chi connectivity index (χ2n) is 2.58. The van der Waals surface area contributed by atoms with Crippen LogP contribution in [0.4, 0.5) is 4.39 Å². The van der Waals surface area contributed by atoms with Crippen LogP contribution < -0.4 is 0 Å². The Balaban J connectivity index is 2.92. The van der Waals surface area contributed by atoms with E-state index in [1.54, 1.807) is 12.1 Å². The van der Waals surface area contributed by atoms with Crippen LogP contribution in [0.15, 0.2) is 30.3 Å². The van der Waals surface area contributed by atoms with Gasteiger partial charge in [0.05, 0.1) is 13.2 Å². The molecule has 0 spiro atoms. The van der Waals surface area contributed by atoms with Crippen LogP contribution in [0, 0.1) is 5.82 Å². The molecule has 1 aromatic carbocycles. The van der Waals surface area contributed by atoms with Crippen LogP contribution in [0.3, 0.4) is 0 Å². The van der Waals surface area contributed by atoms with Crippen molar-refractivity contribution in [1.82, 2.24) is 0 Å². The molecule has 1 aromatic rings. The fourth-order valence-electron chi connectivity index (χ4n) is 1.05. The van der Waals surface area contributed by atoms with Crippen molar-refractivity contribution in [3.63, 3.8) is 0 Å². The fourth-order valence-corrected chi connectivity index (χ4v) is 1.05. The standard InChI is InChI=1S/C10H11FO2/c11-10-3-1-8(2-4-10)9(7-13)5-6-12/h1-5,12-13H,6-7H2/b9-5-. The molecule has 3 heteroatoms. The average Bonchev–Trinajstić information content (AvgIpc) is 2.16. The van der Waals surface area contributed by atoms with Crippen molar-refractivity contribution < 1.29 is 14.6 Å². The van der Waals surface area contributed by atoms with Gasteiger partial charge in [-0.3, -0.25) is 0 Å². The quantitative estimate of drug-likeness (QED) is 0.737. The van der Waals surface area contributed by atoms with Gasteiger partial charge in [0.1, 0.15) is 5.82 Å². The lowest BCUT2D eigenvalue weighted by Crippen LogP contribution is -1.92. The molecule has 0 fully saturated rings. The van der Waals surface area contributed by atoms with Crippen molar-refractivity contribution in [2.24, 2.45) is 0 Å². The van der Waals surface area contributed by atoms with E-state index in [9.17, 15) is 4.39 Å². The van der Waals surface area contributed by atoms with Gasteiger partial charge < -0.3 is 10.2 Å². The molecule has 2 N–H and O–H groups in total. The summed E-state index contributed by atoms with van der Waals surface area (Å²) in [4.78, 5) is 0. The summed E-state index contributed by atoms with van der Waals surface area (Å²) in [5.74, 6) is -0.315. The topological polar surface area (TPSA) is 40.5 Å². The molecule has 0 amide bonds. The van der Waals surface area contributed by atoms with Gasteiger partial charge in [-0.15, -0.1) is 0 Å². The molecule has 2 nitrogen and oxygen atoms in total. The van der Waals surface area contributed by atoms with Gasteiger partial charge in [0.2, 0.25) is 0 Å². The molecule has 0 aliphatic carbocycles. The molecule has 1 rings (SSSR count). The summed E-state index contributed by atoms with van der Waals surface area (Å²) < 4.78 is 12.5. The van der Waals surface area contributed by atoms with E-state index in [1.165, 1.54) is 18.2 Å². The molecule has 13 heavy (non-hydrogen) atoms. The maximum Gasteiger partial charge on any atom is 0.123 e. The third-order valence-corrected chi connectivity index (χ3v) is 1.72. The summed E-state index contributed by atoms with van der Waals surface area (Å²) in [7, 11) is 0. The molecule has 0 atom stereocenters. The number of rotatable bonds is 3. The minimum atomic E-state index is -0.315. The molecule has 0 aliphatic heterocycles. The molecular weight excluding hydrogens is 171 g/mol. The highest BCUT2D eigenvalue weighted by atomic mass is 19.1. The van der Waals surface area contributed by atoms with E-state index in [4.69, 9.17) is 10.2 Å². The molecule has 0 unspecified atom stereocenters. The summed E-state index contributed by atoms with van der Waals surface area (Å²) in [5, 5.41) is 17.5. The van der Waals surface area contributed by atoms with Crippen molar-refractivity contribution >= 4 is 5.57 Å². The van der Waals surface area contributed by atoms with E-state index < -0.39 is 0 Å². The zero-order chi connectivity index (χ0) is 9.68. The number of aliphatic hydroxyl groups is 2. The third-order valence-electron chi connectivity index (χ3n) is 1.72. The summed E-state index contributed by atoms with van der Waals surface area (Å²) in [6, 6.07) is 5.76. The molecule has 0 saturated heterocycles. The van der Waals surface area contributed by atoms with Crippen molar-refractivity contribution in [2.45, 2.75) is 0 Å². The molecule has 0 heterocycles. The van der Waals surface area contributed by atoms with Crippen LogP contribution in [0.25, 0.3) is 5.57 Å². The van der Waals surface area contributed by atoms with E-state index in [-0.39, 0.29) is 19.0 Å². The number of hydrogen-bond acceptors (Lipinski definition) is 2. The van der Waals surface area contributed by atoms with Crippen molar-refractivity contribution in [2.75, 3.05) is 13.2 Å². The van der Waals surface area contributed by atoms with Gasteiger partial charge in [0.15, 0.2) is 0 Å². The zero-order valence-electron chi connectivity index (χ0n) is 7.07. The summed E-state index contributed by atoms with van der Waals surface area (Å²) in [5.41, 5.74) is 1.32. The highest BCUT2D eigenvalue weighted by Gasteiger charge is 1.99. The van der Waals surface area contributed by atoms with Gasteiger partial charge >= 0.3 is 0 Å². The lowest BCUT2D eigenvalue weighted by Gasteiger charge is -2.02. The van der Waals surface area contributed by atoms with Gasteiger partial charge in [-0.1, -0.05) is 18.2 Å². The normalized spacial score (nSPS) is 11.8. The molecular formula is C10H11FO2. The maximum atomic E-state index is 12.5. The summed E-state index contributed by atoms with van der Waals surface area (Å²) >= 11 is 0. The Morgan fingerprint density at radius 3 is 2.31 bits per heavy atom. The average molecular weight is 182 g/mol. The van der Waals surface area contributed by atoms with Crippen molar-refractivity contribution in [3.8, 4) is 0 Å². The molecule has 0 radical (unpaired) electrons. The molecule has 0 aromatic heterocycles. The molecule has 0 aliphatic rings. The predicted molar refractivity (Wildman–Crippen MR) is 48.5 cm³/mol. The van der Waals surface area contributed by atoms with Crippen LogP contribution in [0.5, 0.6) is 0 Å². The highest BCUT2D eigenvalue weighted by Crippen LogP contribution is 2.13. The number of hydrogen-bond donors (Lipinski definition) is 2. The van der Waals surface area contributed by atoms with Crippen LogP contribution in [0.2, 0.25) is 0 Å². The van der Waals surface area contributed by atoms with E-state index in [0.29, 0.717) is 5.57 Å². The Morgan fingerprint density at radius 1 is 1.23 bits per heavy atom. The number of aliphatic hydroxyl groups excluding tert-OH is 2. The van der Waals surface area contributed by atoms with Crippen LogP contribution in [-0.4, -0.2) is 23.4 Å². The van der Waals surface area contributed by atoms with Gasteiger partial charge in [-0.25, -0.2) is 4.39 Å². The first-order valence-electron chi connectivity index (χ1n) is 3.94. The van der Waals surface area contributed by atoms with Crippen molar-refractivity contribution in [3.05, 3.63) is 41.7 Å².